The van der Waals surface area contributed by atoms with E-state index in [0.29, 0.717) is 13.0 Å². The van der Waals surface area contributed by atoms with Crippen molar-refractivity contribution in [3.63, 3.8) is 0 Å². The van der Waals surface area contributed by atoms with Crippen molar-refractivity contribution in [3.8, 4) is 5.75 Å². The van der Waals surface area contributed by atoms with Crippen LogP contribution in [0.25, 0.3) is 0 Å². The monoisotopic (exact) mass is 246 g/mol. The largest absolute Gasteiger partial charge is 0.489 e. The van der Waals surface area contributed by atoms with Crippen LogP contribution in [0.4, 0.5) is 0 Å². The number of nitrogens with one attached hydrogen (secondary N) is 1. The molecule has 4 heteroatoms. The molecule has 88 valence electrons. The van der Waals surface area contributed by atoms with Gasteiger partial charge < -0.3 is 10.5 Å². The Labute approximate surface area is 104 Å². The van der Waals surface area contributed by atoms with Gasteiger partial charge in [-0.2, -0.15) is 11.3 Å². The summed E-state index contributed by atoms with van der Waals surface area (Å²) in [5, 5.41) is 11.3. The molecule has 0 saturated heterocycles. The van der Waals surface area contributed by atoms with Crippen molar-refractivity contribution < 1.29 is 4.74 Å². The third-order valence-electron chi connectivity index (χ3n) is 2.30. The quantitative estimate of drug-likeness (QED) is 0.629. The SMILES string of the molecule is N=C(N)Cc1ccc(OCc2ccsc2)cc1. The van der Waals surface area contributed by atoms with Crippen molar-refractivity contribution in [2.24, 2.45) is 5.73 Å². The number of benzene rings is 1. The zero-order valence-corrected chi connectivity index (χ0v) is 10.2. The van der Waals surface area contributed by atoms with Gasteiger partial charge in [0.1, 0.15) is 12.4 Å². The van der Waals surface area contributed by atoms with Crippen LogP contribution in [0, 0.1) is 5.41 Å². The lowest BCUT2D eigenvalue weighted by Gasteiger charge is -2.06. The fourth-order valence-electron chi connectivity index (χ4n) is 1.46. The van der Waals surface area contributed by atoms with Gasteiger partial charge in [0.2, 0.25) is 0 Å². The molecule has 2 rings (SSSR count). The Hall–Kier alpha value is -1.81. The highest BCUT2D eigenvalue weighted by Gasteiger charge is 1.98. The minimum atomic E-state index is 0.178. The van der Waals surface area contributed by atoms with Gasteiger partial charge in [0.05, 0.1) is 5.84 Å². The van der Waals surface area contributed by atoms with Gasteiger partial charge in [-0.25, -0.2) is 0 Å². The van der Waals surface area contributed by atoms with E-state index in [9.17, 15) is 0 Å². The molecule has 0 amide bonds. The van der Waals surface area contributed by atoms with Crippen LogP contribution in [0.1, 0.15) is 11.1 Å². The highest BCUT2D eigenvalue weighted by Crippen LogP contribution is 2.15. The van der Waals surface area contributed by atoms with Crippen molar-refractivity contribution in [3.05, 3.63) is 52.2 Å². The van der Waals surface area contributed by atoms with E-state index < -0.39 is 0 Å². The molecule has 17 heavy (non-hydrogen) atoms. The molecule has 0 aliphatic heterocycles. The maximum absolute atomic E-state index is 7.21. The summed E-state index contributed by atoms with van der Waals surface area (Å²) in [6, 6.07) is 9.73. The average molecular weight is 246 g/mol. The Bertz CT molecular complexity index is 477. The van der Waals surface area contributed by atoms with E-state index in [1.165, 1.54) is 5.56 Å². The molecule has 0 aliphatic carbocycles. The lowest BCUT2D eigenvalue weighted by Crippen LogP contribution is -2.12. The molecule has 0 bridgehead atoms. The van der Waals surface area contributed by atoms with Crippen molar-refractivity contribution in [2.75, 3.05) is 0 Å². The topological polar surface area (TPSA) is 59.1 Å². The van der Waals surface area contributed by atoms with Gasteiger partial charge in [-0.3, -0.25) is 5.41 Å². The van der Waals surface area contributed by atoms with E-state index in [1.54, 1.807) is 11.3 Å². The zero-order chi connectivity index (χ0) is 12.1. The molecule has 0 radical (unpaired) electrons. The Kier molecular flexibility index (Phi) is 3.77. The summed E-state index contributed by atoms with van der Waals surface area (Å²) >= 11 is 1.67. The van der Waals surface area contributed by atoms with Crippen LogP contribution in [0.3, 0.4) is 0 Å². The lowest BCUT2D eigenvalue weighted by molar-refractivity contribution is 0.306. The first-order valence-electron chi connectivity index (χ1n) is 5.30. The molecule has 0 fully saturated rings. The second kappa shape index (κ2) is 5.50. The number of thiophene rings is 1. The maximum atomic E-state index is 7.21. The Balaban J connectivity index is 1.91. The summed E-state index contributed by atoms with van der Waals surface area (Å²) in [5.41, 5.74) is 7.55. The number of nitrogens with two attached hydrogens (primary N) is 1. The van der Waals surface area contributed by atoms with Crippen molar-refractivity contribution in [2.45, 2.75) is 13.0 Å². The van der Waals surface area contributed by atoms with E-state index in [4.69, 9.17) is 15.9 Å². The van der Waals surface area contributed by atoms with Gasteiger partial charge in [0.25, 0.3) is 0 Å². The second-order valence-corrected chi connectivity index (χ2v) is 4.55. The van der Waals surface area contributed by atoms with Gasteiger partial charge in [-0.1, -0.05) is 12.1 Å². The normalized spacial score (nSPS) is 10.1. The van der Waals surface area contributed by atoms with Crippen LogP contribution >= 0.6 is 11.3 Å². The van der Waals surface area contributed by atoms with Crippen molar-refractivity contribution in [1.82, 2.24) is 0 Å². The van der Waals surface area contributed by atoms with Gasteiger partial charge in [0, 0.05) is 6.42 Å². The molecule has 0 unspecified atom stereocenters. The summed E-state index contributed by atoms with van der Waals surface area (Å²) in [6.45, 7) is 0.593. The molecule has 0 atom stereocenters. The number of hydrogen-bond acceptors (Lipinski definition) is 3. The van der Waals surface area contributed by atoms with E-state index in [2.05, 4.69) is 11.4 Å². The first-order chi connectivity index (χ1) is 8.24. The predicted octanol–water partition coefficient (Wildman–Crippen LogP) is 2.81. The van der Waals surface area contributed by atoms with Gasteiger partial charge in [-0.05, 0) is 40.1 Å². The third-order valence-corrected chi connectivity index (χ3v) is 3.04. The van der Waals surface area contributed by atoms with Gasteiger partial charge in [-0.15, -0.1) is 0 Å². The molecule has 1 heterocycles. The molecule has 1 aromatic heterocycles. The van der Waals surface area contributed by atoms with Gasteiger partial charge in [0.15, 0.2) is 0 Å². The standard InChI is InChI=1S/C13H14N2OS/c14-13(15)7-10-1-3-12(4-2-10)16-8-11-5-6-17-9-11/h1-6,9H,7-8H2,(H3,14,15). The maximum Gasteiger partial charge on any atom is 0.119 e. The van der Waals surface area contributed by atoms with Gasteiger partial charge >= 0.3 is 0 Å². The number of rotatable bonds is 5. The number of amidine groups is 1. The molecular formula is C13H14N2OS. The Morgan fingerprint density at radius 2 is 1.94 bits per heavy atom. The lowest BCUT2D eigenvalue weighted by atomic mass is 10.1. The Morgan fingerprint density at radius 1 is 1.18 bits per heavy atom. The molecule has 3 N–H and O–H groups in total. The molecule has 3 nitrogen and oxygen atoms in total. The fourth-order valence-corrected chi connectivity index (χ4v) is 2.12. The highest BCUT2D eigenvalue weighted by atomic mass is 32.1. The first-order valence-corrected chi connectivity index (χ1v) is 6.24. The molecule has 1 aromatic carbocycles. The van der Waals surface area contributed by atoms with E-state index >= 15 is 0 Å². The predicted molar refractivity (Wildman–Crippen MR) is 70.7 cm³/mol. The fraction of sp³-hybridized carbons (Fsp3) is 0.154. The summed E-state index contributed by atoms with van der Waals surface area (Å²) in [7, 11) is 0. The zero-order valence-electron chi connectivity index (χ0n) is 9.35. The van der Waals surface area contributed by atoms with Crippen LogP contribution in [0.15, 0.2) is 41.1 Å². The summed E-state index contributed by atoms with van der Waals surface area (Å²) in [6.07, 6.45) is 0.491. The molecular weight excluding hydrogens is 232 g/mol. The second-order valence-electron chi connectivity index (χ2n) is 3.77. The Morgan fingerprint density at radius 3 is 2.53 bits per heavy atom. The summed E-state index contributed by atoms with van der Waals surface area (Å²) in [4.78, 5) is 0. The first kappa shape index (κ1) is 11.7. The summed E-state index contributed by atoms with van der Waals surface area (Å²) in [5.74, 6) is 1.01. The number of hydrogen-bond donors (Lipinski definition) is 2. The average Bonchev–Trinajstić information content (AvgIpc) is 2.80. The van der Waals surface area contributed by atoms with Crippen LogP contribution in [-0.4, -0.2) is 5.84 Å². The minimum Gasteiger partial charge on any atom is -0.489 e. The van der Waals surface area contributed by atoms with E-state index in [-0.39, 0.29) is 5.84 Å². The molecule has 0 spiro atoms. The minimum absolute atomic E-state index is 0.178. The summed E-state index contributed by atoms with van der Waals surface area (Å²) < 4.78 is 5.63. The van der Waals surface area contributed by atoms with E-state index in [1.807, 2.05) is 29.6 Å². The van der Waals surface area contributed by atoms with Crippen molar-refractivity contribution >= 4 is 17.2 Å². The molecule has 0 saturated carbocycles. The smallest absolute Gasteiger partial charge is 0.119 e. The van der Waals surface area contributed by atoms with E-state index in [0.717, 1.165) is 11.3 Å². The van der Waals surface area contributed by atoms with Crippen LogP contribution in [0.5, 0.6) is 5.75 Å². The highest BCUT2D eigenvalue weighted by molar-refractivity contribution is 7.07. The van der Waals surface area contributed by atoms with Crippen LogP contribution < -0.4 is 10.5 Å². The molecule has 2 aromatic rings. The number of ether oxygens (including phenoxy) is 1. The third kappa shape index (κ3) is 3.60. The van der Waals surface area contributed by atoms with Crippen LogP contribution in [0.2, 0.25) is 0 Å². The van der Waals surface area contributed by atoms with Crippen LogP contribution in [-0.2, 0) is 13.0 Å². The van der Waals surface area contributed by atoms with Crippen molar-refractivity contribution in [1.29, 1.82) is 5.41 Å². The molecule has 0 aliphatic rings.